The first-order chi connectivity index (χ1) is 8.99. The van der Waals surface area contributed by atoms with Crippen molar-refractivity contribution in [1.29, 1.82) is 0 Å². The molecule has 1 aromatic rings. The lowest BCUT2D eigenvalue weighted by molar-refractivity contribution is -0.148. The third-order valence-electron chi connectivity index (χ3n) is 3.20. The van der Waals surface area contributed by atoms with Crippen molar-refractivity contribution in [2.45, 2.75) is 25.4 Å². The predicted octanol–water partition coefficient (Wildman–Crippen LogP) is 2.34. The van der Waals surface area contributed by atoms with Gasteiger partial charge >= 0.3 is 0 Å². The largest absolute Gasteiger partial charge is 0.302 e. The average molecular weight is 346 g/mol. The molecule has 1 unspecified atom stereocenters. The zero-order chi connectivity index (χ0) is 14.0. The molecule has 0 saturated carbocycles. The van der Waals surface area contributed by atoms with Crippen LogP contribution < -0.4 is 5.32 Å². The van der Waals surface area contributed by atoms with Crippen LogP contribution in [0.1, 0.15) is 18.4 Å². The Hall–Kier alpha value is -0.910. The van der Waals surface area contributed by atoms with Gasteiger partial charge in [0, 0.05) is 29.5 Å². The molecule has 1 fully saturated rings. The molecule has 0 spiro atoms. The van der Waals surface area contributed by atoms with Gasteiger partial charge in [-0.15, -0.1) is 0 Å². The maximum atomic E-state index is 11.9. The van der Waals surface area contributed by atoms with Crippen LogP contribution in [-0.2, 0) is 16.1 Å². The molecule has 0 radical (unpaired) electrons. The summed E-state index contributed by atoms with van der Waals surface area (Å²) >= 11 is 9.48. The number of hydrogen-bond acceptors (Lipinski definition) is 3. The minimum Gasteiger partial charge on any atom is -0.302 e. The molecule has 6 heteroatoms. The van der Waals surface area contributed by atoms with Gasteiger partial charge in [0.25, 0.3) is 0 Å². The van der Waals surface area contributed by atoms with Gasteiger partial charge in [0.2, 0.25) is 11.8 Å². The Morgan fingerprint density at radius 1 is 1.47 bits per heavy atom. The molecule has 1 aromatic carbocycles. The Kier molecular flexibility index (Phi) is 4.60. The lowest BCUT2D eigenvalue weighted by Crippen LogP contribution is -2.51. The molecule has 19 heavy (non-hydrogen) atoms. The fourth-order valence-corrected chi connectivity index (χ4v) is 2.61. The Balaban J connectivity index is 2.01. The van der Waals surface area contributed by atoms with E-state index >= 15 is 0 Å². The number of nitrogens with one attached hydrogen (secondary N) is 1. The summed E-state index contributed by atoms with van der Waals surface area (Å²) < 4.78 is 0.941. The molecule has 1 atom stereocenters. The molecular weight excluding hydrogens is 332 g/mol. The molecular formula is C13H14BrClN2O2. The number of hydrogen-bond donors (Lipinski definition) is 1. The number of carbonyl (C=O) groups excluding carboxylic acids is 2. The number of benzene rings is 1. The van der Waals surface area contributed by atoms with E-state index in [1.54, 1.807) is 6.07 Å². The summed E-state index contributed by atoms with van der Waals surface area (Å²) in [5.41, 5.74) is 0.920. The zero-order valence-electron chi connectivity index (χ0n) is 10.5. The van der Waals surface area contributed by atoms with E-state index in [-0.39, 0.29) is 17.9 Å². The minimum absolute atomic E-state index is 0.122. The second-order valence-electron chi connectivity index (χ2n) is 4.50. The van der Waals surface area contributed by atoms with Crippen LogP contribution in [0.3, 0.4) is 0 Å². The molecule has 1 saturated heterocycles. The minimum atomic E-state index is -0.322. The molecule has 1 heterocycles. The van der Waals surface area contributed by atoms with E-state index in [1.165, 1.54) is 11.9 Å². The number of amides is 2. The summed E-state index contributed by atoms with van der Waals surface area (Å²) in [6, 6.07) is 5.26. The number of nitrogens with zero attached hydrogens (tertiary/aromatic N) is 1. The van der Waals surface area contributed by atoms with E-state index in [4.69, 9.17) is 11.6 Å². The monoisotopic (exact) mass is 344 g/mol. The van der Waals surface area contributed by atoms with E-state index in [0.717, 1.165) is 10.0 Å². The van der Waals surface area contributed by atoms with Crippen molar-refractivity contribution in [3.05, 3.63) is 33.3 Å². The van der Waals surface area contributed by atoms with Crippen LogP contribution in [0.25, 0.3) is 0 Å². The number of likely N-dealkylation sites (tertiary alicyclic amines) is 1. The first kappa shape index (κ1) is 14.5. The topological polar surface area (TPSA) is 49.4 Å². The second kappa shape index (κ2) is 6.03. The smallest absolute Gasteiger partial charge is 0.246 e. The second-order valence-corrected chi connectivity index (χ2v) is 5.82. The SMILES string of the molecule is CN1C(=O)CCC(NCc2cc(Br)ccc2Cl)C1=O. The number of piperidine rings is 1. The van der Waals surface area contributed by atoms with Crippen LogP contribution >= 0.6 is 27.5 Å². The lowest BCUT2D eigenvalue weighted by Gasteiger charge is -2.28. The van der Waals surface area contributed by atoms with Gasteiger partial charge in [-0.05, 0) is 30.2 Å². The third-order valence-corrected chi connectivity index (χ3v) is 4.06. The predicted molar refractivity (Wildman–Crippen MR) is 76.8 cm³/mol. The van der Waals surface area contributed by atoms with Crippen LogP contribution in [0.2, 0.25) is 5.02 Å². The standard InChI is InChI=1S/C13H14BrClN2O2/c1-17-12(18)5-4-11(13(17)19)16-7-8-6-9(14)2-3-10(8)15/h2-3,6,11,16H,4-5,7H2,1H3. The molecule has 1 aliphatic rings. The number of carbonyl (C=O) groups is 2. The maximum absolute atomic E-state index is 11.9. The summed E-state index contributed by atoms with van der Waals surface area (Å²) in [7, 11) is 1.52. The van der Waals surface area contributed by atoms with E-state index in [1.807, 2.05) is 12.1 Å². The van der Waals surface area contributed by atoms with Crippen molar-refractivity contribution in [3.63, 3.8) is 0 Å². The molecule has 4 nitrogen and oxygen atoms in total. The fraction of sp³-hybridized carbons (Fsp3) is 0.385. The number of halogens is 2. The van der Waals surface area contributed by atoms with Crippen molar-refractivity contribution in [3.8, 4) is 0 Å². The van der Waals surface area contributed by atoms with Gasteiger partial charge < -0.3 is 5.32 Å². The summed E-state index contributed by atoms with van der Waals surface area (Å²) in [6.45, 7) is 0.497. The van der Waals surface area contributed by atoms with Gasteiger partial charge in [0.1, 0.15) is 0 Å². The van der Waals surface area contributed by atoms with E-state index in [9.17, 15) is 9.59 Å². The first-order valence-electron chi connectivity index (χ1n) is 5.96. The Bertz CT molecular complexity index is 521. The van der Waals surface area contributed by atoms with Gasteiger partial charge in [0.05, 0.1) is 6.04 Å². The van der Waals surface area contributed by atoms with Gasteiger partial charge in [-0.2, -0.15) is 0 Å². The van der Waals surface area contributed by atoms with Crippen LogP contribution in [0.15, 0.2) is 22.7 Å². The summed E-state index contributed by atoms with van der Waals surface area (Å²) in [5, 5.41) is 3.81. The average Bonchev–Trinajstić information content (AvgIpc) is 2.39. The number of likely N-dealkylation sites (N-methyl/N-ethyl adjacent to an activating group) is 1. The molecule has 2 rings (SSSR count). The van der Waals surface area contributed by atoms with Gasteiger partial charge in [-0.1, -0.05) is 27.5 Å². The van der Waals surface area contributed by atoms with Crippen molar-refractivity contribution < 1.29 is 9.59 Å². The van der Waals surface area contributed by atoms with Crippen molar-refractivity contribution in [2.24, 2.45) is 0 Å². The van der Waals surface area contributed by atoms with Crippen molar-refractivity contribution in [2.75, 3.05) is 7.05 Å². The number of imide groups is 1. The summed E-state index contributed by atoms with van der Waals surface area (Å²) in [6.07, 6.45) is 0.930. The first-order valence-corrected chi connectivity index (χ1v) is 7.14. The van der Waals surface area contributed by atoms with Crippen LogP contribution in [0.5, 0.6) is 0 Å². The van der Waals surface area contributed by atoms with E-state index in [0.29, 0.717) is 24.4 Å². The van der Waals surface area contributed by atoms with E-state index in [2.05, 4.69) is 21.2 Å². The highest BCUT2D eigenvalue weighted by atomic mass is 79.9. The quantitative estimate of drug-likeness (QED) is 0.856. The Morgan fingerprint density at radius 2 is 2.21 bits per heavy atom. The Labute approximate surface area is 125 Å². The molecule has 1 aliphatic heterocycles. The fourth-order valence-electron chi connectivity index (χ4n) is 2.02. The third kappa shape index (κ3) is 3.35. The van der Waals surface area contributed by atoms with Crippen molar-refractivity contribution in [1.82, 2.24) is 10.2 Å². The van der Waals surface area contributed by atoms with Crippen molar-refractivity contribution >= 4 is 39.3 Å². The van der Waals surface area contributed by atoms with Gasteiger partial charge in [0.15, 0.2) is 0 Å². The van der Waals surface area contributed by atoms with Crippen LogP contribution in [0, 0.1) is 0 Å². The van der Waals surface area contributed by atoms with E-state index < -0.39 is 0 Å². The maximum Gasteiger partial charge on any atom is 0.246 e. The normalized spacial score (nSPS) is 19.9. The molecule has 1 N–H and O–H groups in total. The molecule has 102 valence electrons. The lowest BCUT2D eigenvalue weighted by atomic mass is 10.0. The molecule has 2 amide bonds. The molecule has 0 aromatic heterocycles. The van der Waals surface area contributed by atoms with Crippen LogP contribution in [-0.4, -0.2) is 29.8 Å². The zero-order valence-corrected chi connectivity index (χ0v) is 12.8. The highest BCUT2D eigenvalue weighted by molar-refractivity contribution is 9.10. The van der Waals surface area contributed by atoms with Crippen LogP contribution in [0.4, 0.5) is 0 Å². The highest BCUT2D eigenvalue weighted by Crippen LogP contribution is 2.21. The summed E-state index contributed by atoms with van der Waals surface area (Å²) in [5.74, 6) is -0.300. The van der Waals surface area contributed by atoms with Gasteiger partial charge in [-0.3, -0.25) is 14.5 Å². The van der Waals surface area contributed by atoms with Gasteiger partial charge in [-0.25, -0.2) is 0 Å². The Morgan fingerprint density at radius 3 is 2.95 bits per heavy atom. The summed E-state index contributed by atoms with van der Waals surface area (Å²) in [4.78, 5) is 24.5. The number of rotatable bonds is 3. The molecule has 0 aliphatic carbocycles. The molecule has 0 bridgehead atoms. The highest BCUT2D eigenvalue weighted by Gasteiger charge is 2.31.